The lowest BCUT2D eigenvalue weighted by molar-refractivity contribution is 0.248. The predicted octanol–water partition coefficient (Wildman–Crippen LogP) is 1.98. The number of nitrogens with two attached hydrogens (primary N) is 1. The Labute approximate surface area is 84.3 Å². The Hall–Kier alpha value is -1.51. The average Bonchev–Trinajstić information content (AvgIpc) is 2.15. The van der Waals surface area contributed by atoms with Gasteiger partial charge in [-0.05, 0) is 17.0 Å². The van der Waals surface area contributed by atoms with Crippen LogP contribution < -0.4 is 11.1 Å². The summed E-state index contributed by atoms with van der Waals surface area (Å²) >= 11 is 0. The Kier molecular flexibility index (Phi) is 3.51. The Balaban J connectivity index is 2.59. The molecule has 2 amide bonds. The SMILES string of the molecule is CC(C)c1ccc(CNC(N)=O)cc1. The van der Waals surface area contributed by atoms with Crippen LogP contribution in [0.15, 0.2) is 24.3 Å². The van der Waals surface area contributed by atoms with Crippen molar-refractivity contribution in [3.8, 4) is 0 Å². The molecule has 3 nitrogen and oxygen atoms in total. The highest BCUT2D eigenvalue weighted by Crippen LogP contribution is 2.14. The van der Waals surface area contributed by atoms with Gasteiger partial charge in [-0.1, -0.05) is 38.1 Å². The number of carbonyl (C=O) groups is 1. The summed E-state index contributed by atoms with van der Waals surface area (Å²) in [5, 5.41) is 2.55. The summed E-state index contributed by atoms with van der Waals surface area (Å²) in [5.41, 5.74) is 7.33. The minimum atomic E-state index is -0.488. The van der Waals surface area contributed by atoms with Gasteiger partial charge >= 0.3 is 6.03 Å². The first-order valence-corrected chi connectivity index (χ1v) is 4.71. The Morgan fingerprint density at radius 2 is 1.93 bits per heavy atom. The number of benzene rings is 1. The van der Waals surface area contributed by atoms with Crippen LogP contribution in [-0.4, -0.2) is 6.03 Å². The summed E-state index contributed by atoms with van der Waals surface area (Å²) in [6.45, 7) is 4.79. The highest BCUT2D eigenvalue weighted by Gasteiger charge is 1.99. The van der Waals surface area contributed by atoms with Gasteiger partial charge in [0.05, 0.1) is 0 Å². The fourth-order valence-electron chi connectivity index (χ4n) is 1.21. The average molecular weight is 192 g/mol. The molecule has 14 heavy (non-hydrogen) atoms. The van der Waals surface area contributed by atoms with Crippen LogP contribution in [0, 0.1) is 0 Å². The fourth-order valence-corrected chi connectivity index (χ4v) is 1.21. The van der Waals surface area contributed by atoms with E-state index in [0.29, 0.717) is 12.5 Å². The van der Waals surface area contributed by atoms with Crippen LogP contribution in [0.2, 0.25) is 0 Å². The van der Waals surface area contributed by atoms with Crippen LogP contribution in [0.4, 0.5) is 4.79 Å². The first-order valence-electron chi connectivity index (χ1n) is 4.71. The number of carbonyl (C=O) groups excluding carboxylic acids is 1. The minimum absolute atomic E-state index is 0.488. The Bertz CT molecular complexity index is 304. The number of hydrogen-bond acceptors (Lipinski definition) is 1. The van der Waals surface area contributed by atoms with Crippen LogP contribution in [0.3, 0.4) is 0 Å². The quantitative estimate of drug-likeness (QED) is 0.756. The van der Waals surface area contributed by atoms with Crippen molar-refractivity contribution in [2.45, 2.75) is 26.3 Å². The zero-order chi connectivity index (χ0) is 10.6. The molecule has 1 rings (SSSR count). The van der Waals surface area contributed by atoms with E-state index in [0.717, 1.165) is 5.56 Å². The molecule has 0 saturated carbocycles. The van der Waals surface area contributed by atoms with Gasteiger partial charge in [0.15, 0.2) is 0 Å². The van der Waals surface area contributed by atoms with Crippen molar-refractivity contribution in [1.82, 2.24) is 5.32 Å². The van der Waals surface area contributed by atoms with E-state index >= 15 is 0 Å². The van der Waals surface area contributed by atoms with Crippen LogP contribution in [-0.2, 0) is 6.54 Å². The van der Waals surface area contributed by atoms with E-state index < -0.39 is 6.03 Å². The molecule has 0 aliphatic rings. The maximum atomic E-state index is 10.5. The molecule has 1 aromatic rings. The number of nitrogens with one attached hydrogen (secondary N) is 1. The highest BCUT2D eigenvalue weighted by atomic mass is 16.2. The molecule has 1 aromatic carbocycles. The first-order chi connectivity index (χ1) is 6.59. The maximum absolute atomic E-state index is 10.5. The van der Waals surface area contributed by atoms with E-state index in [-0.39, 0.29) is 0 Å². The van der Waals surface area contributed by atoms with Crippen molar-refractivity contribution >= 4 is 6.03 Å². The zero-order valence-corrected chi connectivity index (χ0v) is 8.58. The molecule has 0 bridgehead atoms. The summed E-state index contributed by atoms with van der Waals surface area (Å²) in [6.07, 6.45) is 0. The summed E-state index contributed by atoms with van der Waals surface area (Å²) in [4.78, 5) is 10.5. The topological polar surface area (TPSA) is 55.1 Å². The molecule has 0 unspecified atom stereocenters. The van der Waals surface area contributed by atoms with E-state index in [1.807, 2.05) is 12.1 Å². The van der Waals surface area contributed by atoms with Crippen molar-refractivity contribution in [3.05, 3.63) is 35.4 Å². The molecule has 3 N–H and O–H groups in total. The van der Waals surface area contributed by atoms with Crippen molar-refractivity contribution in [3.63, 3.8) is 0 Å². The molecule has 0 heterocycles. The lowest BCUT2D eigenvalue weighted by Gasteiger charge is -2.06. The van der Waals surface area contributed by atoms with Gasteiger partial charge in [-0.3, -0.25) is 0 Å². The summed E-state index contributed by atoms with van der Waals surface area (Å²) in [7, 11) is 0. The van der Waals surface area contributed by atoms with E-state index in [2.05, 4.69) is 31.3 Å². The van der Waals surface area contributed by atoms with Gasteiger partial charge in [0.2, 0.25) is 0 Å². The van der Waals surface area contributed by atoms with E-state index in [1.54, 1.807) is 0 Å². The van der Waals surface area contributed by atoms with Crippen molar-refractivity contribution in [2.24, 2.45) is 5.73 Å². The largest absolute Gasteiger partial charge is 0.352 e. The number of hydrogen-bond donors (Lipinski definition) is 2. The smallest absolute Gasteiger partial charge is 0.312 e. The molecule has 3 heteroatoms. The molecule has 0 atom stereocenters. The molecule has 0 aliphatic heterocycles. The summed E-state index contributed by atoms with van der Waals surface area (Å²) in [6, 6.07) is 7.67. The second kappa shape index (κ2) is 4.65. The van der Waals surface area contributed by atoms with E-state index in [9.17, 15) is 4.79 Å². The maximum Gasteiger partial charge on any atom is 0.312 e. The normalized spacial score (nSPS) is 10.2. The van der Waals surface area contributed by atoms with Gasteiger partial charge in [0, 0.05) is 6.54 Å². The molecule has 0 radical (unpaired) electrons. The third-order valence-electron chi connectivity index (χ3n) is 2.11. The third-order valence-corrected chi connectivity index (χ3v) is 2.11. The molecule has 0 aromatic heterocycles. The van der Waals surface area contributed by atoms with Crippen LogP contribution in [0.5, 0.6) is 0 Å². The van der Waals surface area contributed by atoms with Crippen molar-refractivity contribution in [2.75, 3.05) is 0 Å². The second-order valence-corrected chi connectivity index (χ2v) is 3.61. The van der Waals surface area contributed by atoms with E-state index in [4.69, 9.17) is 5.73 Å². The molecule has 0 spiro atoms. The molecular formula is C11H16N2O. The molecule has 76 valence electrons. The summed E-state index contributed by atoms with van der Waals surface area (Å²) < 4.78 is 0. The monoisotopic (exact) mass is 192 g/mol. The number of rotatable bonds is 3. The van der Waals surface area contributed by atoms with E-state index in [1.165, 1.54) is 5.56 Å². The van der Waals surface area contributed by atoms with Gasteiger partial charge in [-0.15, -0.1) is 0 Å². The Morgan fingerprint density at radius 3 is 2.36 bits per heavy atom. The predicted molar refractivity (Wildman–Crippen MR) is 57.0 cm³/mol. The van der Waals surface area contributed by atoms with Gasteiger partial charge < -0.3 is 11.1 Å². The number of amides is 2. The summed E-state index contributed by atoms with van der Waals surface area (Å²) in [5.74, 6) is 0.535. The van der Waals surface area contributed by atoms with Crippen LogP contribution in [0.25, 0.3) is 0 Å². The van der Waals surface area contributed by atoms with Crippen LogP contribution in [0.1, 0.15) is 30.9 Å². The van der Waals surface area contributed by atoms with Crippen molar-refractivity contribution in [1.29, 1.82) is 0 Å². The first kappa shape index (κ1) is 10.6. The van der Waals surface area contributed by atoms with Gasteiger partial charge in [0.25, 0.3) is 0 Å². The molecule has 0 saturated heterocycles. The second-order valence-electron chi connectivity index (χ2n) is 3.61. The standard InChI is InChI=1S/C11H16N2O/c1-8(2)10-5-3-9(4-6-10)7-13-11(12)14/h3-6,8H,7H2,1-2H3,(H3,12,13,14). The zero-order valence-electron chi connectivity index (χ0n) is 8.58. The highest BCUT2D eigenvalue weighted by molar-refractivity contribution is 5.71. The van der Waals surface area contributed by atoms with Gasteiger partial charge in [0.1, 0.15) is 0 Å². The molecule has 0 aliphatic carbocycles. The fraction of sp³-hybridized carbons (Fsp3) is 0.364. The lowest BCUT2D eigenvalue weighted by Crippen LogP contribution is -2.28. The molecular weight excluding hydrogens is 176 g/mol. The van der Waals surface area contributed by atoms with Crippen molar-refractivity contribution < 1.29 is 4.79 Å². The van der Waals surface area contributed by atoms with Gasteiger partial charge in [-0.25, -0.2) is 4.79 Å². The third kappa shape index (κ3) is 3.09. The van der Waals surface area contributed by atoms with Crippen LogP contribution >= 0.6 is 0 Å². The van der Waals surface area contributed by atoms with Gasteiger partial charge in [-0.2, -0.15) is 0 Å². The Morgan fingerprint density at radius 1 is 1.36 bits per heavy atom. The lowest BCUT2D eigenvalue weighted by atomic mass is 10.0. The molecule has 0 fully saturated rings. The number of primary amides is 1. The minimum Gasteiger partial charge on any atom is -0.352 e. The number of urea groups is 1.